The van der Waals surface area contributed by atoms with Gasteiger partial charge in [0, 0.05) is 5.92 Å². The zero-order valence-corrected chi connectivity index (χ0v) is 20.9. The van der Waals surface area contributed by atoms with Crippen LogP contribution in [-0.4, -0.2) is 63.3 Å². The second-order valence-electron chi connectivity index (χ2n) is 8.28. The summed E-state index contributed by atoms with van der Waals surface area (Å²) in [6.45, 7) is 5.11. The van der Waals surface area contributed by atoms with Crippen LogP contribution in [0, 0.1) is 17.8 Å². The lowest BCUT2D eigenvalue weighted by Crippen LogP contribution is -2.56. The second-order valence-corrected chi connectivity index (χ2v) is 8.28. The highest BCUT2D eigenvalue weighted by atomic mass is 16.6. The van der Waals surface area contributed by atoms with Crippen molar-refractivity contribution >= 4 is 29.9 Å². The average Bonchev–Trinajstić information content (AvgIpc) is 2.84. The molecule has 2 N–H and O–H groups in total. The summed E-state index contributed by atoms with van der Waals surface area (Å²) >= 11 is 0. The number of benzene rings is 1. The maximum absolute atomic E-state index is 13.1. The normalized spacial score (nSPS) is 13.3. The van der Waals surface area contributed by atoms with Crippen molar-refractivity contribution in [2.75, 3.05) is 21.3 Å². The van der Waals surface area contributed by atoms with Crippen LogP contribution < -0.4 is 10.6 Å². The van der Waals surface area contributed by atoms with Gasteiger partial charge in [-0.1, -0.05) is 51.1 Å². The number of hydrogen-bond acceptors (Lipinski definition) is 9. The van der Waals surface area contributed by atoms with Gasteiger partial charge in [-0.3, -0.25) is 14.4 Å². The van der Waals surface area contributed by atoms with E-state index in [4.69, 9.17) is 9.47 Å². The average molecular weight is 495 g/mol. The topological polar surface area (TPSA) is 146 Å². The third kappa shape index (κ3) is 9.26. The molecule has 0 aliphatic heterocycles. The molecule has 194 valence electrons. The predicted octanol–water partition coefficient (Wildman–Crippen LogP) is 1.58. The van der Waals surface area contributed by atoms with Gasteiger partial charge in [-0.25, -0.2) is 9.59 Å². The number of amides is 2. The summed E-state index contributed by atoms with van der Waals surface area (Å²) in [5, 5.41) is 5.00. The predicted molar refractivity (Wildman–Crippen MR) is 124 cm³/mol. The van der Waals surface area contributed by atoms with E-state index in [9.17, 15) is 24.0 Å². The van der Waals surface area contributed by atoms with Gasteiger partial charge < -0.3 is 29.6 Å². The Morgan fingerprint density at radius 3 is 1.83 bits per heavy atom. The van der Waals surface area contributed by atoms with Crippen molar-refractivity contribution in [1.29, 1.82) is 0 Å². The number of hydrogen-bond donors (Lipinski definition) is 2. The molecule has 0 spiro atoms. The van der Waals surface area contributed by atoms with Crippen molar-refractivity contribution in [3.05, 3.63) is 35.9 Å². The van der Waals surface area contributed by atoms with Gasteiger partial charge in [-0.05, 0) is 17.9 Å². The highest BCUT2D eigenvalue weighted by molar-refractivity contribution is 5.97. The van der Waals surface area contributed by atoms with Crippen molar-refractivity contribution in [2.24, 2.45) is 17.8 Å². The number of ether oxygens (including phenoxy) is 4. The zero-order chi connectivity index (χ0) is 26.5. The number of alkyl carbamates (subject to hydrolysis) is 1. The molecular weight excluding hydrogens is 460 g/mol. The number of esters is 3. The molecule has 0 unspecified atom stereocenters. The zero-order valence-electron chi connectivity index (χ0n) is 20.9. The molecule has 0 aromatic heterocycles. The molecule has 35 heavy (non-hydrogen) atoms. The van der Waals surface area contributed by atoms with Crippen LogP contribution in [0.25, 0.3) is 0 Å². The van der Waals surface area contributed by atoms with Gasteiger partial charge in [0.15, 0.2) is 5.92 Å². The van der Waals surface area contributed by atoms with Crippen LogP contribution >= 0.6 is 0 Å². The fraction of sp³-hybridized carbons (Fsp3) is 0.542. The molecule has 3 atom stereocenters. The molecule has 0 fully saturated rings. The molecule has 0 aliphatic rings. The number of carbonyl (C=O) groups excluding carboxylic acids is 5. The molecule has 0 saturated carbocycles. The Bertz CT molecular complexity index is 857. The number of rotatable bonds is 12. The number of carbonyl (C=O) groups is 5. The summed E-state index contributed by atoms with van der Waals surface area (Å²) in [5.74, 6) is -6.07. The SMILES string of the molecule is COC(=O)C(C(=O)OC)[C@H](C)[C@@H](NC(=O)[C@H](CC(C)C)NC(=O)OCc1ccccc1)C(=O)OC. The van der Waals surface area contributed by atoms with Crippen molar-refractivity contribution in [3.8, 4) is 0 Å². The Labute approximate surface area is 204 Å². The fourth-order valence-electron chi connectivity index (χ4n) is 3.37. The maximum Gasteiger partial charge on any atom is 0.408 e. The van der Waals surface area contributed by atoms with E-state index < -0.39 is 53.8 Å². The fourth-order valence-corrected chi connectivity index (χ4v) is 3.37. The van der Waals surface area contributed by atoms with Crippen molar-refractivity contribution in [1.82, 2.24) is 10.6 Å². The second kappa shape index (κ2) is 14.6. The van der Waals surface area contributed by atoms with E-state index >= 15 is 0 Å². The minimum absolute atomic E-state index is 0.00441. The first kappa shape index (κ1) is 29.4. The standard InChI is InChI=1S/C24H34N2O9/c1-14(2)12-17(25-24(31)35-13-16-10-8-7-9-11-16)20(27)26-19(23(30)34-6)15(3)18(21(28)32-4)22(29)33-5/h7-11,14-15,17-19H,12-13H2,1-6H3,(H,25,31)(H,26,27)/t15-,17-,19+/m0/s1. The monoisotopic (exact) mass is 494 g/mol. The minimum atomic E-state index is -1.50. The maximum atomic E-state index is 13.1. The molecule has 11 nitrogen and oxygen atoms in total. The largest absolute Gasteiger partial charge is 0.468 e. The lowest BCUT2D eigenvalue weighted by Gasteiger charge is -2.29. The lowest BCUT2D eigenvalue weighted by molar-refractivity contribution is -0.163. The summed E-state index contributed by atoms with van der Waals surface area (Å²) < 4.78 is 19.3. The summed E-state index contributed by atoms with van der Waals surface area (Å²) in [6, 6.07) is 6.53. The van der Waals surface area contributed by atoms with E-state index in [-0.39, 0.29) is 18.9 Å². The Balaban J connectivity index is 3.04. The highest BCUT2D eigenvalue weighted by Gasteiger charge is 2.43. The van der Waals surface area contributed by atoms with E-state index in [1.807, 2.05) is 19.9 Å². The first-order chi connectivity index (χ1) is 16.5. The number of nitrogens with one attached hydrogen (secondary N) is 2. The van der Waals surface area contributed by atoms with Gasteiger partial charge in [0.25, 0.3) is 0 Å². The van der Waals surface area contributed by atoms with Crippen LogP contribution in [0.15, 0.2) is 30.3 Å². The highest BCUT2D eigenvalue weighted by Crippen LogP contribution is 2.21. The van der Waals surface area contributed by atoms with Crippen LogP contribution in [0.5, 0.6) is 0 Å². The smallest absolute Gasteiger partial charge is 0.408 e. The molecule has 11 heteroatoms. The van der Waals surface area contributed by atoms with Gasteiger partial charge in [-0.15, -0.1) is 0 Å². The van der Waals surface area contributed by atoms with Crippen LogP contribution in [-0.2, 0) is 44.7 Å². The van der Waals surface area contributed by atoms with Crippen LogP contribution in [0.1, 0.15) is 32.8 Å². The van der Waals surface area contributed by atoms with Gasteiger partial charge >= 0.3 is 24.0 Å². The van der Waals surface area contributed by atoms with Gasteiger partial charge in [0.1, 0.15) is 18.7 Å². The molecule has 0 radical (unpaired) electrons. The van der Waals surface area contributed by atoms with Crippen LogP contribution in [0.3, 0.4) is 0 Å². The first-order valence-electron chi connectivity index (χ1n) is 11.1. The van der Waals surface area contributed by atoms with Crippen LogP contribution in [0.2, 0.25) is 0 Å². The molecule has 1 rings (SSSR count). The third-order valence-electron chi connectivity index (χ3n) is 5.24. The summed E-state index contributed by atoms with van der Waals surface area (Å²) in [6.07, 6.45) is -0.592. The van der Waals surface area contributed by atoms with Crippen molar-refractivity contribution < 1.29 is 42.9 Å². The molecular formula is C24H34N2O9. The van der Waals surface area contributed by atoms with E-state index in [0.717, 1.165) is 26.9 Å². The summed E-state index contributed by atoms with van der Waals surface area (Å²) in [4.78, 5) is 62.4. The third-order valence-corrected chi connectivity index (χ3v) is 5.24. The summed E-state index contributed by atoms with van der Waals surface area (Å²) in [5.41, 5.74) is 0.767. The molecule has 0 saturated heterocycles. The first-order valence-corrected chi connectivity index (χ1v) is 11.1. The van der Waals surface area contributed by atoms with E-state index in [0.29, 0.717) is 0 Å². The molecule has 0 heterocycles. The quantitative estimate of drug-likeness (QED) is 0.251. The van der Waals surface area contributed by atoms with E-state index in [2.05, 4.69) is 20.1 Å². The number of methoxy groups -OCH3 is 3. The molecule has 1 aromatic carbocycles. The lowest BCUT2D eigenvalue weighted by atomic mass is 9.87. The molecule has 1 aromatic rings. The molecule has 0 bridgehead atoms. The summed E-state index contributed by atoms with van der Waals surface area (Å²) in [7, 11) is 3.27. The molecule has 2 amide bonds. The van der Waals surface area contributed by atoms with Crippen molar-refractivity contribution in [2.45, 2.75) is 45.9 Å². The Kier molecular flexibility index (Phi) is 12.3. The van der Waals surface area contributed by atoms with Crippen molar-refractivity contribution in [3.63, 3.8) is 0 Å². The van der Waals surface area contributed by atoms with Crippen LogP contribution in [0.4, 0.5) is 4.79 Å². The Morgan fingerprint density at radius 2 is 1.34 bits per heavy atom. The Hall–Kier alpha value is -3.63. The van der Waals surface area contributed by atoms with E-state index in [1.54, 1.807) is 24.3 Å². The van der Waals surface area contributed by atoms with Gasteiger partial charge in [0.2, 0.25) is 5.91 Å². The van der Waals surface area contributed by atoms with Gasteiger partial charge in [-0.2, -0.15) is 0 Å². The Morgan fingerprint density at radius 1 is 0.800 bits per heavy atom. The minimum Gasteiger partial charge on any atom is -0.468 e. The van der Waals surface area contributed by atoms with E-state index in [1.165, 1.54) is 6.92 Å². The molecule has 0 aliphatic carbocycles. The van der Waals surface area contributed by atoms with Gasteiger partial charge in [0.05, 0.1) is 21.3 Å².